The predicted octanol–water partition coefficient (Wildman–Crippen LogP) is 4.19. The number of carbonyl (C=O) groups excluding carboxylic acids is 1. The Morgan fingerprint density at radius 2 is 1.91 bits per heavy atom. The Morgan fingerprint density at radius 1 is 1.17 bits per heavy atom. The van der Waals surface area contributed by atoms with Gasteiger partial charge in [-0.15, -0.1) is 0 Å². The molecule has 2 N–H and O–H groups in total. The molecular weight excluding hydrogens is 288 g/mol. The Labute approximate surface area is 141 Å². The SMILES string of the molecule is CCCCC=CC[C@H]1C(=O)CC(O)[C@@H]1C=CC(O)CCCCC. The van der Waals surface area contributed by atoms with E-state index in [1.807, 2.05) is 6.08 Å². The second-order valence-electron chi connectivity index (χ2n) is 6.72. The van der Waals surface area contributed by atoms with Gasteiger partial charge in [0, 0.05) is 18.3 Å². The molecule has 0 saturated heterocycles. The number of hydrogen-bond donors (Lipinski definition) is 2. The van der Waals surface area contributed by atoms with Gasteiger partial charge in [0.15, 0.2) is 0 Å². The summed E-state index contributed by atoms with van der Waals surface area (Å²) in [5.41, 5.74) is 0. The van der Waals surface area contributed by atoms with Gasteiger partial charge in [-0.05, 0) is 19.3 Å². The minimum Gasteiger partial charge on any atom is -0.392 e. The van der Waals surface area contributed by atoms with Crippen LogP contribution < -0.4 is 0 Å². The maximum absolute atomic E-state index is 12.1. The number of aliphatic hydroxyl groups is 2. The first-order valence-electron chi connectivity index (χ1n) is 9.32. The number of rotatable bonds is 11. The van der Waals surface area contributed by atoms with Gasteiger partial charge < -0.3 is 10.2 Å². The van der Waals surface area contributed by atoms with E-state index in [0.29, 0.717) is 6.42 Å². The average molecular weight is 322 g/mol. The Morgan fingerprint density at radius 3 is 2.61 bits per heavy atom. The van der Waals surface area contributed by atoms with Crippen molar-refractivity contribution in [2.24, 2.45) is 11.8 Å². The first-order valence-corrected chi connectivity index (χ1v) is 9.32. The predicted molar refractivity (Wildman–Crippen MR) is 95.2 cm³/mol. The molecule has 4 atom stereocenters. The van der Waals surface area contributed by atoms with Crippen molar-refractivity contribution in [2.75, 3.05) is 0 Å². The third kappa shape index (κ3) is 7.45. The lowest BCUT2D eigenvalue weighted by Crippen LogP contribution is -2.18. The van der Waals surface area contributed by atoms with Crippen LogP contribution in [0.4, 0.5) is 0 Å². The number of carbonyl (C=O) groups is 1. The summed E-state index contributed by atoms with van der Waals surface area (Å²) in [7, 11) is 0. The zero-order valence-corrected chi connectivity index (χ0v) is 14.8. The van der Waals surface area contributed by atoms with Gasteiger partial charge in [0.1, 0.15) is 5.78 Å². The molecule has 3 nitrogen and oxygen atoms in total. The molecule has 0 aromatic carbocycles. The highest BCUT2D eigenvalue weighted by molar-refractivity contribution is 5.84. The van der Waals surface area contributed by atoms with E-state index in [4.69, 9.17) is 0 Å². The summed E-state index contributed by atoms with van der Waals surface area (Å²) in [6, 6.07) is 0. The van der Waals surface area contributed by atoms with E-state index in [9.17, 15) is 15.0 Å². The quantitative estimate of drug-likeness (QED) is 0.443. The summed E-state index contributed by atoms with van der Waals surface area (Å²) in [5.74, 6) is -0.145. The maximum Gasteiger partial charge on any atom is 0.139 e. The van der Waals surface area contributed by atoms with Gasteiger partial charge in [-0.2, -0.15) is 0 Å². The van der Waals surface area contributed by atoms with Gasteiger partial charge >= 0.3 is 0 Å². The summed E-state index contributed by atoms with van der Waals surface area (Å²) in [4.78, 5) is 12.1. The normalized spacial score (nSPS) is 26.6. The standard InChI is InChI=1S/C20H34O3/c1-3-5-7-8-10-12-17-18(20(23)15-19(17)22)14-13-16(21)11-9-6-4-2/h8,10,13-14,16-18,20-21,23H,3-7,9,11-12,15H2,1-2H3/t16?,17-,18-,20?/m1/s1. The molecule has 0 amide bonds. The van der Waals surface area contributed by atoms with Crippen LogP contribution in [0.25, 0.3) is 0 Å². The lowest BCUT2D eigenvalue weighted by Gasteiger charge is -2.16. The van der Waals surface area contributed by atoms with Crippen molar-refractivity contribution in [1.29, 1.82) is 0 Å². The third-order valence-corrected chi connectivity index (χ3v) is 4.67. The molecule has 3 heteroatoms. The van der Waals surface area contributed by atoms with Gasteiger partial charge in [0.2, 0.25) is 0 Å². The molecular formula is C20H34O3. The molecule has 1 aliphatic rings. The van der Waals surface area contributed by atoms with Gasteiger partial charge in [0.05, 0.1) is 12.2 Å². The lowest BCUT2D eigenvalue weighted by atomic mass is 9.90. The molecule has 0 aromatic heterocycles. The summed E-state index contributed by atoms with van der Waals surface area (Å²) in [6.45, 7) is 4.30. The number of hydrogen-bond acceptors (Lipinski definition) is 3. The second kappa shape index (κ2) is 11.6. The minimum atomic E-state index is -0.601. The van der Waals surface area contributed by atoms with Crippen LogP contribution in [0.3, 0.4) is 0 Å². The van der Waals surface area contributed by atoms with E-state index in [-0.39, 0.29) is 24.0 Å². The summed E-state index contributed by atoms with van der Waals surface area (Å²) in [5, 5.41) is 20.1. The van der Waals surface area contributed by atoms with Crippen molar-refractivity contribution in [3.8, 4) is 0 Å². The Kier molecular flexibility index (Phi) is 10.1. The van der Waals surface area contributed by atoms with Crippen LogP contribution in [-0.2, 0) is 4.79 Å². The minimum absolute atomic E-state index is 0.137. The molecule has 132 valence electrons. The molecule has 1 saturated carbocycles. The molecule has 0 aromatic rings. The molecule has 2 unspecified atom stereocenters. The fourth-order valence-electron chi connectivity index (χ4n) is 3.17. The molecule has 0 aliphatic heterocycles. The van der Waals surface area contributed by atoms with Crippen LogP contribution in [0.5, 0.6) is 0 Å². The van der Waals surface area contributed by atoms with Crippen molar-refractivity contribution < 1.29 is 15.0 Å². The van der Waals surface area contributed by atoms with E-state index < -0.39 is 12.2 Å². The maximum atomic E-state index is 12.1. The Hall–Kier alpha value is -0.930. The van der Waals surface area contributed by atoms with Crippen molar-refractivity contribution in [1.82, 2.24) is 0 Å². The van der Waals surface area contributed by atoms with Crippen molar-refractivity contribution in [2.45, 2.75) is 83.8 Å². The van der Waals surface area contributed by atoms with Crippen LogP contribution in [0, 0.1) is 11.8 Å². The van der Waals surface area contributed by atoms with E-state index in [2.05, 4.69) is 26.0 Å². The largest absolute Gasteiger partial charge is 0.392 e. The molecule has 0 heterocycles. The van der Waals surface area contributed by atoms with Gasteiger partial charge in [-0.25, -0.2) is 0 Å². The van der Waals surface area contributed by atoms with Gasteiger partial charge in [0.25, 0.3) is 0 Å². The summed E-state index contributed by atoms with van der Waals surface area (Å²) < 4.78 is 0. The van der Waals surface area contributed by atoms with Crippen LogP contribution in [0.2, 0.25) is 0 Å². The molecule has 0 radical (unpaired) electrons. The fourth-order valence-corrected chi connectivity index (χ4v) is 3.17. The highest BCUT2D eigenvalue weighted by Gasteiger charge is 2.39. The van der Waals surface area contributed by atoms with Crippen LogP contribution in [0.1, 0.15) is 71.6 Å². The Bertz CT molecular complexity index is 386. The van der Waals surface area contributed by atoms with Gasteiger partial charge in [-0.1, -0.05) is 70.3 Å². The summed E-state index contributed by atoms with van der Waals surface area (Å²) in [6.07, 6.45) is 15.2. The first-order chi connectivity index (χ1) is 11.1. The van der Waals surface area contributed by atoms with E-state index in [1.54, 1.807) is 6.08 Å². The van der Waals surface area contributed by atoms with Gasteiger partial charge in [-0.3, -0.25) is 4.79 Å². The van der Waals surface area contributed by atoms with Crippen LogP contribution >= 0.6 is 0 Å². The third-order valence-electron chi connectivity index (χ3n) is 4.67. The van der Waals surface area contributed by atoms with E-state index in [0.717, 1.165) is 32.1 Å². The topological polar surface area (TPSA) is 57.5 Å². The van der Waals surface area contributed by atoms with E-state index in [1.165, 1.54) is 12.8 Å². The molecule has 23 heavy (non-hydrogen) atoms. The molecule has 0 spiro atoms. The lowest BCUT2D eigenvalue weighted by molar-refractivity contribution is -0.121. The van der Waals surface area contributed by atoms with Crippen LogP contribution in [0.15, 0.2) is 24.3 Å². The highest BCUT2D eigenvalue weighted by atomic mass is 16.3. The average Bonchev–Trinajstić information content (AvgIpc) is 2.79. The number of aliphatic hydroxyl groups excluding tert-OH is 2. The molecule has 0 bridgehead atoms. The van der Waals surface area contributed by atoms with Crippen LogP contribution in [-0.4, -0.2) is 28.2 Å². The van der Waals surface area contributed by atoms with Crippen molar-refractivity contribution >= 4 is 5.78 Å². The second-order valence-corrected chi connectivity index (χ2v) is 6.72. The fraction of sp³-hybridized carbons (Fsp3) is 0.750. The smallest absolute Gasteiger partial charge is 0.139 e. The zero-order valence-electron chi connectivity index (χ0n) is 14.8. The Balaban J connectivity index is 2.51. The number of Topliss-reactive ketones (excluding diaryl/α,β-unsaturated/α-hetero) is 1. The van der Waals surface area contributed by atoms with Crippen molar-refractivity contribution in [3.05, 3.63) is 24.3 Å². The molecule has 1 rings (SSSR count). The first kappa shape index (κ1) is 20.1. The monoisotopic (exact) mass is 322 g/mol. The summed E-state index contributed by atoms with van der Waals surface area (Å²) >= 11 is 0. The number of ketones is 1. The molecule has 1 fully saturated rings. The zero-order chi connectivity index (χ0) is 17.1. The van der Waals surface area contributed by atoms with E-state index >= 15 is 0 Å². The number of allylic oxidation sites excluding steroid dienone is 2. The van der Waals surface area contributed by atoms with Crippen molar-refractivity contribution in [3.63, 3.8) is 0 Å². The number of unbranched alkanes of at least 4 members (excludes halogenated alkanes) is 4. The highest BCUT2D eigenvalue weighted by Crippen LogP contribution is 2.33. The molecule has 1 aliphatic carbocycles.